The number of carbonyl (C=O) groups is 1. The first-order valence-electron chi connectivity index (χ1n) is 7.89. The Morgan fingerprint density at radius 3 is 2.23 bits per heavy atom. The summed E-state index contributed by atoms with van der Waals surface area (Å²) in [5, 5.41) is 0. The van der Waals surface area contributed by atoms with E-state index in [1.165, 1.54) is 32.4 Å². The maximum absolute atomic E-state index is 13.2. The first-order chi connectivity index (χ1) is 12.4. The number of methoxy groups -OCH3 is 2. The second kappa shape index (κ2) is 8.57. The van der Waals surface area contributed by atoms with Crippen LogP contribution in [-0.4, -0.2) is 41.8 Å². The molecule has 0 fully saturated rings. The predicted molar refractivity (Wildman–Crippen MR) is 97.2 cm³/mol. The summed E-state index contributed by atoms with van der Waals surface area (Å²) in [4.78, 5) is 11.9. The summed E-state index contributed by atoms with van der Waals surface area (Å²) in [6.07, 6.45) is 0. The number of ether oxygens (including phenoxy) is 3. The third-order valence-electron chi connectivity index (χ3n) is 3.57. The standard InChI is InChI=1S/C18H21NO6S/c1-4-25-18(20)13-19(14-8-6-5-7-9-14)26(21,22)15-10-11-16(23-2)17(12-15)24-3/h5-12H,4,13H2,1-3H3. The van der Waals surface area contributed by atoms with Crippen molar-refractivity contribution in [1.29, 1.82) is 0 Å². The minimum absolute atomic E-state index is 0.0247. The molecule has 26 heavy (non-hydrogen) atoms. The van der Waals surface area contributed by atoms with Crippen LogP contribution in [0.5, 0.6) is 11.5 Å². The van der Waals surface area contributed by atoms with Gasteiger partial charge in [-0.1, -0.05) is 18.2 Å². The molecule has 0 aliphatic heterocycles. The molecule has 2 aromatic carbocycles. The van der Waals surface area contributed by atoms with Crippen molar-refractivity contribution in [3.63, 3.8) is 0 Å². The van der Waals surface area contributed by atoms with Gasteiger partial charge < -0.3 is 14.2 Å². The Morgan fingerprint density at radius 2 is 1.65 bits per heavy atom. The van der Waals surface area contributed by atoms with Crippen LogP contribution in [0.1, 0.15) is 6.92 Å². The molecule has 140 valence electrons. The second-order valence-corrected chi connectivity index (χ2v) is 7.03. The van der Waals surface area contributed by atoms with Crippen molar-refractivity contribution in [1.82, 2.24) is 0 Å². The van der Waals surface area contributed by atoms with E-state index < -0.39 is 22.5 Å². The molecule has 0 aromatic heterocycles. The highest BCUT2D eigenvalue weighted by atomic mass is 32.2. The van der Waals surface area contributed by atoms with E-state index in [0.717, 1.165) is 4.31 Å². The largest absolute Gasteiger partial charge is 0.493 e. The molecule has 0 saturated heterocycles. The van der Waals surface area contributed by atoms with Gasteiger partial charge in [0.1, 0.15) is 6.54 Å². The van der Waals surface area contributed by atoms with Gasteiger partial charge in [-0.15, -0.1) is 0 Å². The maximum Gasteiger partial charge on any atom is 0.326 e. The van der Waals surface area contributed by atoms with Gasteiger partial charge in [0.25, 0.3) is 10.0 Å². The summed E-state index contributed by atoms with van der Waals surface area (Å²) in [5.41, 5.74) is 0.357. The number of rotatable bonds is 8. The topological polar surface area (TPSA) is 82.1 Å². The molecule has 0 aliphatic carbocycles. The molecular weight excluding hydrogens is 358 g/mol. The summed E-state index contributed by atoms with van der Waals surface area (Å²) in [6, 6.07) is 12.6. The molecular formula is C18H21NO6S. The van der Waals surface area contributed by atoms with Gasteiger partial charge >= 0.3 is 5.97 Å². The SMILES string of the molecule is CCOC(=O)CN(c1ccccc1)S(=O)(=O)c1ccc(OC)c(OC)c1. The molecule has 0 atom stereocenters. The molecule has 8 heteroatoms. The number of esters is 1. The summed E-state index contributed by atoms with van der Waals surface area (Å²) in [5.74, 6) is 0.0428. The first-order valence-corrected chi connectivity index (χ1v) is 9.33. The van der Waals surface area contributed by atoms with Crippen LogP contribution in [0.3, 0.4) is 0 Å². The molecule has 0 unspecified atom stereocenters. The second-order valence-electron chi connectivity index (χ2n) is 5.17. The quantitative estimate of drug-likeness (QED) is 0.656. The maximum atomic E-state index is 13.2. The van der Waals surface area contributed by atoms with Crippen molar-refractivity contribution in [3.8, 4) is 11.5 Å². The van der Waals surface area contributed by atoms with Gasteiger partial charge in [0.2, 0.25) is 0 Å². The van der Waals surface area contributed by atoms with E-state index in [1.54, 1.807) is 37.3 Å². The van der Waals surface area contributed by atoms with E-state index in [9.17, 15) is 13.2 Å². The van der Waals surface area contributed by atoms with Crippen LogP contribution < -0.4 is 13.8 Å². The zero-order valence-electron chi connectivity index (χ0n) is 14.8. The summed E-state index contributed by atoms with van der Waals surface area (Å²) in [6.45, 7) is 1.39. The van der Waals surface area contributed by atoms with Crippen LogP contribution in [0.2, 0.25) is 0 Å². The van der Waals surface area contributed by atoms with Crippen LogP contribution >= 0.6 is 0 Å². The van der Waals surface area contributed by atoms with Gasteiger partial charge in [0.15, 0.2) is 11.5 Å². The van der Waals surface area contributed by atoms with Crippen LogP contribution in [0.4, 0.5) is 5.69 Å². The Labute approximate surface area is 153 Å². The number of benzene rings is 2. The predicted octanol–water partition coefficient (Wildman–Crippen LogP) is 2.46. The third-order valence-corrected chi connectivity index (χ3v) is 5.34. The van der Waals surface area contributed by atoms with E-state index in [0.29, 0.717) is 11.4 Å². The highest BCUT2D eigenvalue weighted by Crippen LogP contribution is 2.32. The smallest absolute Gasteiger partial charge is 0.326 e. The van der Waals surface area contributed by atoms with E-state index in [-0.39, 0.29) is 17.3 Å². The lowest BCUT2D eigenvalue weighted by Crippen LogP contribution is -2.36. The zero-order chi connectivity index (χ0) is 19.2. The number of hydrogen-bond acceptors (Lipinski definition) is 6. The van der Waals surface area contributed by atoms with Gasteiger partial charge in [0.05, 0.1) is 31.4 Å². The monoisotopic (exact) mass is 379 g/mol. The first kappa shape index (κ1) is 19.6. The van der Waals surface area contributed by atoms with E-state index >= 15 is 0 Å². The Kier molecular flexibility index (Phi) is 6.46. The molecule has 2 rings (SSSR count). The Bertz CT molecular complexity index is 851. The van der Waals surface area contributed by atoms with Crippen LogP contribution in [-0.2, 0) is 19.6 Å². The molecule has 7 nitrogen and oxygen atoms in total. The Morgan fingerprint density at radius 1 is 1.00 bits per heavy atom. The molecule has 0 heterocycles. The zero-order valence-corrected chi connectivity index (χ0v) is 15.7. The summed E-state index contributed by atoms with van der Waals surface area (Å²) >= 11 is 0. The van der Waals surface area contributed by atoms with Crippen molar-refractivity contribution in [2.75, 3.05) is 31.7 Å². The van der Waals surface area contributed by atoms with Crippen LogP contribution in [0.15, 0.2) is 53.4 Å². The van der Waals surface area contributed by atoms with Crippen molar-refractivity contribution >= 4 is 21.7 Å². The minimum Gasteiger partial charge on any atom is -0.493 e. The molecule has 0 spiro atoms. The molecule has 0 radical (unpaired) electrons. The average molecular weight is 379 g/mol. The number of sulfonamides is 1. The van der Waals surface area contributed by atoms with Crippen molar-refractivity contribution in [2.24, 2.45) is 0 Å². The lowest BCUT2D eigenvalue weighted by atomic mass is 10.3. The van der Waals surface area contributed by atoms with Crippen molar-refractivity contribution in [3.05, 3.63) is 48.5 Å². The fourth-order valence-corrected chi connectivity index (χ4v) is 3.76. The number of para-hydroxylation sites is 1. The number of anilines is 1. The number of carbonyl (C=O) groups excluding carboxylic acids is 1. The number of nitrogens with zero attached hydrogens (tertiary/aromatic N) is 1. The lowest BCUT2D eigenvalue weighted by Gasteiger charge is -2.24. The average Bonchev–Trinajstić information content (AvgIpc) is 2.66. The van der Waals surface area contributed by atoms with E-state index in [1.807, 2.05) is 0 Å². The molecule has 0 aliphatic rings. The summed E-state index contributed by atoms with van der Waals surface area (Å²) < 4.78 is 42.6. The fourth-order valence-electron chi connectivity index (χ4n) is 2.34. The molecule has 0 saturated carbocycles. The van der Waals surface area contributed by atoms with E-state index in [4.69, 9.17) is 14.2 Å². The summed E-state index contributed by atoms with van der Waals surface area (Å²) in [7, 11) is -1.15. The fraction of sp³-hybridized carbons (Fsp3) is 0.278. The Balaban J connectivity index is 2.50. The van der Waals surface area contributed by atoms with E-state index in [2.05, 4.69) is 0 Å². The number of hydrogen-bond donors (Lipinski definition) is 0. The molecule has 0 bridgehead atoms. The van der Waals surface area contributed by atoms with Crippen LogP contribution in [0.25, 0.3) is 0 Å². The van der Waals surface area contributed by atoms with Gasteiger partial charge in [-0.25, -0.2) is 8.42 Å². The molecule has 0 amide bonds. The van der Waals surface area contributed by atoms with Crippen molar-refractivity contribution in [2.45, 2.75) is 11.8 Å². The highest BCUT2D eigenvalue weighted by Gasteiger charge is 2.28. The van der Waals surface area contributed by atoms with Gasteiger partial charge in [-0.2, -0.15) is 0 Å². The van der Waals surface area contributed by atoms with Crippen LogP contribution in [0, 0.1) is 0 Å². The lowest BCUT2D eigenvalue weighted by molar-refractivity contribution is -0.141. The van der Waals surface area contributed by atoms with Gasteiger partial charge in [0, 0.05) is 6.07 Å². The van der Waals surface area contributed by atoms with Crippen molar-refractivity contribution < 1.29 is 27.4 Å². The minimum atomic E-state index is -4.03. The highest BCUT2D eigenvalue weighted by molar-refractivity contribution is 7.92. The Hall–Kier alpha value is -2.74. The third kappa shape index (κ3) is 4.26. The molecule has 2 aromatic rings. The normalized spacial score (nSPS) is 10.9. The molecule has 0 N–H and O–H groups in total. The van der Waals surface area contributed by atoms with Gasteiger partial charge in [-0.3, -0.25) is 9.10 Å². The van der Waals surface area contributed by atoms with Gasteiger partial charge in [-0.05, 0) is 31.2 Å².